The Kier molecular flexibility index (Phi) is 5.31. The molecule has 1 saturated heterocycles. The summed E-state index contributed by atoms with van der Waals surface area (Å²) in [7, 11) is 0. The Morgan fingerprint density at radius 3 is 2.21 bits per heavy atom. The summed E-state index contributed by atoms with van der Waals surface area (Å²) in [6.07, 6.45) is 1.97. The van der Waals surface area contributed by atoms with Crippen LogP contribution in [0.15, 0.2) is 47.6 Å². The zero-order valence-electron chi connectivity index (χ0n) is 15.0. The van der Waals surface area contributed by atoms with Crippen LogP contribution in [0.2, 0.25) is 0 Å². The Morgan fingerprint density at radius 2 is 1.54 bits per heavy atom. The van der Waals surface area contributed by atoms with E-state index in [0.29, 0.717) is 0 Å². The third kappa shape index (κ3) is 4.45. The highest BCUT2D eigenvalue weighted by Gasteiger charge is 2.16. The van der Waals surface area contributed by atoms with Gasteiger partial charge in [-0.15, -0.1) is 0 Å². The molecule has 3 heteroatoms. The number of hydrazone groups is 1. The molecule has 1 aliphatic heterocycles. The van der Waals surface area contributed by atoms with Crippen LogP contribution in [0.3, 0.4) is 0 Å². The van der Waals surface area contributed by atoms with Crippen molar-refractivity contribution >= 4 is 6.21 Å². The van der Waals surface area contributed by atoms with Crippen molar-refractivity contribution in [1.29, 1.82) is 0 Å². The highest BCUT2D eigenvalue weighted by molar-refractivity contribution is 5.79. The zero-order valence-corrected chi connectivity index (χ0v) is 15.0. The molecule has 0 bridgehead atoms. The van der Waals surface area contributed by atoms with Crippen molar-refractivity contribution in [3.05, 3.63) is 70.3 Å². The molecule has 1 aliphatic rings. The molecule has 3 nitrogen and oxygen atoms in total. The Bertz CT molecular complexity index is 696. The van der Waals surface area contributed by atoms with Gasteiger partial charge in [-0.05, 0) is 37.5 Å². The van der Waals surface area contributed by atoms with Gasteiger partial charge in [-0.2, -0.15) is 5.10 Å². The van der Waals surface area contributed by atoms with E-state index in [4.69, 9.17) is 0 Å². The Balaban J connectivity index is 1.51. The van der Waals surface area contributed by atoms with Crippen LogP contribution in [-0.2, 0) is 6.54 Å². The lowest BCUT2D eigenvalue weighted by atomic mass is 10.1. The number of rotatable bonds is 4. The van der Waals surface area contributed by atoms with Gasteiger partial charge in [0, 0.05) is 32.7 Å². The van der Waals surface area contributed by atoms with Crippen molar-refractivity contribution in [2.75, 3.05) is 26.2 Å². The molecule has 0 saturated carbocycles. The Morgan fingerprint density at radius 1 is 0.875 bits per heavy atom. The summed E-state index contributed by atoms with van der Waals surface area (Å²) in [6.45, 7) is 11.6. The van der Waals surface area contributed by atoms with Crippen molar-refractivity contribution in [2.24, 2.45) is 5.10 Å². The van der Waals surface area contributed by atoms with Crippen LogP contribution in [0.25, 0.3) is 0 Å². The third-order valence-electron chi connectivity index (χ3n) is 4.69. The summed E-state index contributed by atoms with van der Waals surface area (Å²) in [5.74, 6) is 0. The normalized spacial score (nSPS) is 16.0. The van der Waals surface area contributed by atoms with Gasteiger partial charge in [0.2, 0.25) is 0 Å². The summed E-state index contributed by atoms with van der Waals surface area (Å²) in [6, 6.07) is 15.3. The average Bonchev–Trinajstić information content (AvgIpc) is 2.58. The molecular weight excluding hydrogens is 294 g/mol. The van der Waals surface area contributed by atoms with E-state index in [2.05, 4.69) is 78.2 Å². The fourth-order valence-electron chi connectivity index (χ4n) is 3.08. The maximum atomic E-state index is 4.64. The first kappa shape index (κ1) is 16.7. The second-order valence-corrected chi connectivity index (χ2v) is 6.82. The quantitative estimate of drug-likeness (QED) is 0.799. The van der Waals surface area contributed by atoms with Gasteiger partial charge in [0.15, 0.2) is 0 Å². The summed E-state index contributed by atoms with van der Waals surface area (Å²) in [5.41, 5.74) is 6.63. The molecule has 0 N–H and O–H groups in total. The van der Waals surface area contributed by atoms with E-state index in [1.165, 1.54) is 27.8 Å². The number of hydrogen-bond acceptors (Lipinski definition) is 3. The van der Waals surface area contributed by atoms with E-state index in [1.807, 2.05) is 6.21 Å². The zero-order chi connectivity index (χ0) is 16.9. The molecule has 1 fully saturated rings. The van der Waals surface area contributed by atoms with Crippen molar-refractivity contribution in [3.8, 4) is 0 Å². The van der Waals surface area contributed by atoms with Gasteiger partial charge in [-0.1, -0.05) is 53.6 Å². The SMILES string of the molecule is Cc1ccc(C=NN2CCN(Cc3ccc(C)cc3C)CC2)cc1. The standard InChI is InChI=1S/C21H27N3/c1-17-4-7-20(8-5-17)15-22-24-12-10-23(11-13-24)16-21-9-6-18(2)14-19(21)3/h4-9,14-15H,10-13,16H2,1-3H3. The Labute approximate surface area is 145 Å². The Hall–Kier alpha value is -2.13. The van der Waals surface area contributed by atoms with Gasteiger partial charge >= 0.3 is 0 Å². The van der Waals surface area contributed by atoms with Crippen molar-refractivity contribution in [1.82, 2.24) is 9.91 Å². The van der Waals surface area contributed by atoms with Gasteiger partial charge in [-0.3, -0.25) is 9.91 Å². The molecule has 0 spiro atoms. The highest BCUT2D eigenvalue weighted by atomic mass is 15.5. The molecule has 126 valence electrons. The third-order valence-corrected chi connectivity index (χ3v) is 4.69. The van der Waals surface area contributed by atoms with Crippen LogP contribution in [0.1, 0.15) is 27.8 Å². The minimum absolute atomic E-state index is 0.993. The van der Waals surface area contributed by atoms with E-state index in [9.17, 15) is 0 Å². The molecule has 3 rings (SSSR count). The minimum atomic E-state index is 0.993. The van der Waals surface area contributed by atoms with Gasteiger partial charge < -0.3 is 0 Å². The topological polar surface area (TPSA) is 18.8 Å². The molecule has 0 atom stereocenters. The number of aryl methyl sites for hydroxylation is 3. The molecule has 0 aliphatic carbocycles. The molecule has 24 heavy (non-hydrogen) atoms. The van der Waals surface area contributed by atoms with Gasteiger partial charge in [0.1, 0.15) is 0 Å². The van der Waals surface area contributed by atoms with Crippen LogP contribution in [0.5, 0.6) is 0 Å². The van der Waals surface area contributed by atoms with Gasteiger partial charge in [0.05, 0.1) is 6.21 Å². The fraction of sp³-hybridized carbons (Fsp3) is 0.381. The lowest BCUT2D eigenvalue weighted by Crippen LogP contribution is -2.43. The maximum Gasteiger partial charge on any atom is 0.0542 e. The lowest BCUT2D eigenvalue weighted by Gasteiger charge is -2.33. The molecular formula is C21H27N3. The predicted molar refractivity (Wildman–Crippen MR) is 102 cm³/mol. The first-order valence-corrected chi connectivity index (χ1v) is 8.74. The number of benzene rings is 2. The van der Waals surface area contributed by atoms with E-state index < -0.39 is 0 Å². The van der Waals surface area contributed by atoms with Crippen LogP contribution < -0.4 is 0 Å². The van der Waals surface area contributed by atoms with Crippen LogP contribution >= 0.6 is 0 Å². The molecule has 2 aromatic carbocycles. The predicted octanol–water partition coefficient (Wildman–Crippen LogP) is 3.76. The summed E-state index contributed by atoms with van der Waals surface area (Å²) < 4.78 is 0. The number of nitrogens with zero attached hydrogens (tertiary/aromatic N) is 3. The lowest BCUT2D eigenvalue weighted by molar-refractivity contribution is 0.131. The van der Waals surface area contributed by atoms with E-state index in [0.717, 1.165) is 32.7 Å². The summed E-state index contributed by atoms with van der Waals surface area (Å²) >= 11 is 0. The fourth-order valence-corrected chi connectivity index (χ4v) is 3.08. The number of piperazine rings is 1. The average molecular weight is 321 g/mol. The van der Waals surface area contributed by atoms with Gasteiger partial charge in [0.25, 0.3) is 0 Å². The summed E-state index contributed by atoms with van der Waals surface area (Å²) in [5, 5.41) is 6.81. The van der Waals surface area contributed by atoms with Crippen molar-refractivity contribution < 1.29 is 0 Å². The second kappa shape index (κ2) is 7.63. The van der Waals surface area contributed by atoms with Crippen LogP contribution in [-0.4, -0.2) is 42.3 Å². The molecule has 0 unspecified atom stereocenters. The van der Waals surface area contributed by atoms with Crippen LogP contribution in [0, 0.1) is 20.8 Å². The molecule has 0 amide bonds. The molecule has 1 heterocycles. The monoisotopic (exact) mass is 321 g/mol. The van der Waals surface area contributed by atoms with Crippen molar-refractivity contribution in [2.45, 2.75) is 27.3 Å². The van der Waals surface area contributed by atoms with Crippen molar-refractivity contribution in [3.63, 3.8) is 0 Å². The molecule has 2 aromatic rings. The van der Waals surface area contributed by atoms with E-state index in [1.54, 1.807) is 0 Å². The summed E-state index contributed by atoms with van der Waals surface area (Å²) in [4.78, 5) is 2.52. The van der Waals surface area contributed by atoms with E-state index >= 15 is 0 Å². The minimum Gasteiger partial charge on any atom is -0.295 e. The largest absolute Gasteiger partial charge is 0.295 e. The highest BCUT2D eigenvalue weighted by Crippen LogP contribution is 2.14. The van der Waals surface area contributed by atoms with E-state index in [-0.39, 0.29) is 0 Å². The first-order valence-electron chi connectivity index (χ1n) is 8.74. The first-order chi connectivity index (χ1) is 11.6. The smallest absolute Gasteiger partial charge is 0.0542 e. The second-order valence-electron chi connectivity index (χ2n) is 6.82. The maximum absolute atomic E-state index is 4.64. The molecule has 0 radical (unpaired) electrons. The van der Waals surface area contributed by atoms with Crippen LogP contribution in [0.4, 0.5) is 0 Å². The molecule has 0 aromatic heterocycles. The van der Waals surface area contributed by atoms with Gasteiger partial charge in [-0.25, -0.2) is 0 Å². The number of hydrogen-bond donors (Lipinski definition) is 0.